The number of carboxylic acid groups (broad SMARTS) is 1. The van der Waals surface area contributed by atoms with E-state index in [1.54, 1.807) is 0 Å². The summed E-state index contributed by atoms with van der Waals surface area (Å²) >= 11 is 0.930. The molecule has 18 heavy (non-hydrogen) atoms. The minimum Gasteiger partial charge on any atom is -0.479 e. The second kappa shape index (κ2) is 5.01. The van der Waals surface area contributed by atoms with Crippen LogP contribution in [0.25, 0.3) is 0 Å². The van der Waals surface area contributed by atoms with Gasteiger partial charge in [-0.05, 0) is 18.8 Å². The van der Waals surface area contributed by atoms with Crippen LogP contribution >= 0.6 is 11.7 Å². The maximum Gasteiger partial charge on any atom is 0.329 e. The minimum atomic E-state index is -1.17. The van der Waals surface area contributed by atoms with Crippen molar-refractivity contribution >= 4 is 23.6 Å². The molecule has 6 nitrogen and oxygen atoms in total. The van der Waals surface area contributed by atoms with Crippen molar-refractivity contribution in [2.45, 2.75) is 38.1 Å². The molecule has 0 aliphatic heterocycles. The standard InChI is InChI=1S/C11H15N3O3S/c1-7-4-2-3-5-11(7,10(16)17)13-9(15)8-6-12-18-14-8/h6-7H,2-5H2,1H3,(H,13,15)(H,16,17). The monoisotopic (exact) mass is 269 g/mol. The highest BCUT2D eigenvalue weighted by Gasteiger charge is 2.46. The molecule has 1 aromatic heterocycles. The summed E-state index contributed by atoms with van der Waals surface area (Å²) in [6.45, 7) is 1.87. The molecule has 0 saturated heterocycles. The lowest BCUT2D eigenvalue weighted by Gasteiger charge is -2.39. The Labute approximate surface area is 109 Å². The van der Waals surface area contributed by atoms with Crippen molar-refractivity contribution in [2.75, 3.05) is 0 Å². The fourth-order valence-corrected chi connectivity index (χ4v) is 2.85. The molecule has 1 aliphatic rings. The number of aromatic nitrogens is 2. The predicted molar refractivity (Wildman–Crippen MR) is 65.4 cm³/mol. The van der Waals surface area contributed by atoms with E-state index >= 15 is 0 Å². The SMILES string of the molecule is CC1CCCCC1(NC(=O)c1cnsn1)C(=O)O. The molecule has 1 saturated carbocycles. The smallest absolute Gasteiger partial charge is 0.329 e. The number of amides is 1. The molecule has 1 aromatic rings. The Morgan fingerprint density at radius 2 is 2.33 bits per heavy atom. The summed E-state index contributed by atoms with van der Waals surface area (Å²) < 4.78 is 7.57. The van der Waals surface area contributed by atoms with Gasteiger partial charge in [0, 0.05) is 0 Å². The number of aliphatic carboxylic acids is 1. The van der Waals surface area contributed by atoms with Gasteiger partial charge in [0.2, 0.25) is 0 Å². The number of nitrogens with one attached hydrogen (secondary N) is 1. The van der Waals surface area contributed by atoms with Crippen LogP contribution in [0.3, 0.4) is 0 Å². The normalized spacial score (nSPS) is 27.7. The fraction of sp³-hybridized carbons (Fsp3) is 0.636. The molecule has 0 radical (unpaired) electrons. The van der Waals surface area contributed by atoms with Crippen molar-refractivity contribution in [3.63, 3.8) is 0 Å². The van der Waals surface area contributed by atoms with Crippen LogP contribution in [0.2, 0.25) is 0 Å². The van der Waals surface area contributed by atoms with E-state index < -0.39 is 17.4 Å². The molecular formula is C11H15N3O3S. The second-order valence-corrected chi connectivity index (χ2v) is 5.23. The number of hydrogen-bond acceptors (Lipinski definition) is 5. The maximum absolute atomic E-state index is 12.0. The van der Waals surface area contributed by atoms with Crippen molar-refractivity contribution in [1.82, 2.24) is 14.1 Å². The maximum atomic E-state index is 12.0. The third-order valence-corrected chi connectivity index (χ3v) is 4.09. The minimum absolute atomic E-state index is 0.0840. The first-order chi connectivity index (χ1) is 8.56. The van der Waals surface area contributed by atoms with E-state index in [1.807, 2.05) is 6.92 Å². The highest BCUT2D eigenvalue weighted by molar-refractivity contribution is 6.99. The topological polar surface area (TPSA) is 92.2 Å². The summed E-state index contributed by atoms with van der Waals surface area (Å²) in [5, 5.41) is 12.1. The van der Waals surface area contributed by atoms with E-state index in [4.69, 9.17) is 0 Å². The molecule has 98 valence electrons. The van der Waals surface area contributed by atoms with Crippen molar-refractivity contribution in [3.8, 4) is 0 Å². The fourth-order valence-electron chi connectivity index (χ4n) is 2.44. The Kier molecular flexibility index (Phi) is 3.60. The van der Waals surface area contributed by atoms with Gasteiger partial charge in [-0.1, -0.05) is 19.8 Å². The Balaban J connectivity index is 2.21. The number of nitrogens with zero attached hydrogens (tertiary/aromatic N) is 2. The average Bonchev–Trinajstić information content (AvgIpc) is 2.85. The predicted octanol–water partition coefficient (Wildman–Crippen LogP) is 1.30. The van der Waals surface area contributed by atoms with E-state index in [9.17, 15) is 14.7 Å². The lowest BCUT2D eigenvalue weighted by molar-refractivity contribution is -0.148. The van der Waals surface area contributed by atoms with Crippen molar-refractivity contribution in [2.24, 2.45) is 5.92 Å². The van der Waals surface area contributed by atoms with Gasteiger partial charge < -0.3 is 10.4 Å². The number of carbonyl (C=O) groups is 2. The van der Waals surface area contributed by atoms with Crippen molar-refractivity contribution in [3.05, 3.63) is 11.9 Å². The number of carboxylic acids is 1. The summed E-state index contributed by atoms with van der Waals surface area (Å²) in [5.41, 5.74) is -0.989. The molecule has 1 amide bonds. The highest BCUT2D eigenvalue weighted by Crippen LogP contribution is 2.34. The van der Waals surface area contributed by atoms with Crippen LogP contribution in [-0.4, -0.2) is 31.3 Å². The molecule has 0 spiro atoms. The van der Waals surface area contributed by atoms with Crippen molar-refractivity contribution in [1.29, 1.82) is 0 Å². The molecule has 2 rings (SSSR count). The van der Waals surface area contributed by atoms with Crippen LogP contribution in [-0.2, 0) is 4.79 Å². The zero-order valence-electron chi connectivity index (χ0n) is 10.0. The molecule has 1 heterocycles. The molecule has 0 aromatic carbocycles. The van der Waals surface area contributed by atoms with E-state index in [1.165, 1.54) is 6.20 Å². The quantitative estimate of drug-likeness (QED) is 0.863. The first-order valence-electron chi connectivity index (χ1n) is 5.90. The van der Waals surface area contributed by atoms with Gasteiger partial charge in [-0.15, -0.1) is 0 Å². The van der Waals surface area contributed by atoms with E-state index in [0.717, 1.165) is 31.0 Å². The highest BCUT2D eigenvalue weighted by atomic mass is 32.1. The van der Waals surface area contributed by atoms with E-state index in [0.29, 0.717) is 6.42 Å². The van der Waals surface area contributed by atoms with Crippen LogP contribution < -0.4 is 5.32 Å². The summed E-state index contributed by atoms with van der Waals surface area (Å²) in [7, 11) is 0. The number of rotatable bonds is 3. The summed E-state index contributed by atoms with van der Waals surface area (Å²) in [6.07, 6.45) is 4.44. The zero-order chi connectivity index (χ0) is 13.2. The molecular weight excluding hydrogens is 254 g/mol. The van der Waals surface area contributed by atoms with Crippen LogP contribution in [0.4, 0.5) is 0 Å². The molecule has 1 aliphatic carbocycles. The molecule has 2 unspecified atom stereocenters. The first kappa shape index (κ1) is 12.9. The summed E-state index contributed by atoms with van der Waals surface area (Å²) in [6, 6.07) is 0. The lowest BCUT2D eigenvalue weighted by Crippen LogP contribution is -2.60. The molecule has 1 fully saturated rings. The molecule has 2 N–H and O–H groups in total. The van der Waals surface area contributed by atoms with Gasteiger partial charge in [0.25, 0.3) is 5.91 Å². The third-order valence-electron chi connectivity index (χ3n) is 3.61. The van der Waals surface area contributed by atoms with Crippen LogP contribution in [0.1, 0.15) is 43.1 Å². The van der Waals surface area contributed by atoms with Gasteiger partial charge in [-0.3, -0.25) is 4.79 Å². The third kappa shape index (κ3) is 2.22. The van der Waals surface area contributed by atoms with Gasteiger partial charge in [0.1, 0.15) is 5.54 Å². The number of hydrogen-bond donors (Lipinski definition) is 2. The zero-order valence-corrected chi connectivity index (χ0v) is 10.9. The Morgan fingerprint density at radius 3 is 2.89 bits per heavy atom. The van der Waals surface area contributed by atoms with Gasteiger partial charge in [0.05, 0.1) is 17.9 Å². The van der Waals surface area contributed by atoms with Crippen molar-refractivity contribution < 1.29 is 14.7 Å². The van der Waals surface area contributed by atoms with Crippen LogP contribution in [0.15, 0.2) is 6.20 Å². The van der Waals surface area contributed by atoms with Crippen LogP contribution in [0, 0.1) is 5.92 Å². The van der Waals surface area contributed by atoms with Gasteiger partial charge in [0.15, 0.2) is 5.69 Å². The van der Waals surface area contributed by atoms with Gasteiger partial charge in [-0.2, -0.15) is 8.75 Å². The average molecular weight is 269 g/mol. The van der Waals surface area contributed by atoms with Crippen LogP contribution in [0.5, 0.6) is 0 Å². The lowest BCUT2D eigenvalue weighted by atomic mass is 9.73. The van der Waals surface area contributed by atoms with Gasteiger partial charge >= 0.3 is 5.97 Å². The second-order valence-electron chi connectivity index (χ2n) is 4.67. The van der Waals surface area contributed by atoms with E-state index in [2.05, 4.69) is 14.1 Å². The Hall–Kier alpha value is -1.50. The van der Waals surface area contributed by atoms with Gasteiger partial charge in [-0.25, -0.2) is 4.79 Å². The first-order valence-corrected chi connectivity index (χ1v) is 6.63. The Bertz CT molecular complexity index is 448. The Morgan fingerprint density at radius 1 is 1.56 bits per heavy atom. The molecule has 2 atom stereocenters. The summed E-state index contributed by atoms with van der Waals surface area (Å²) in [5.74, 6) is -1.51. The van der Waals surface area contributed by atoms with E-state index in [-0.39, 0.29) is 11.6 Å². The molecule has 0 bridgehead atoms. The molecule has 7 heteroatoms. The number of carbonyl (C=O) groups excluding carboxylic acids is 1. The summed E-state index contributed by atoms with van der Waals surface area (Å²) in [4.78, 5) is 23.5. The largest absolute Gasteiger partial charge is 0.479 e.